The van der Waals surface area contributed by atoms with Gasteiger partial charge in [-0.05, 0) is 47.9 Å². The molecule has 7 heteroatoms. The van der Waals surface area contributed by atoms with Gasteiger partial charge in [0.2, 0.25) is 5.76 Å². The van der Waals surface area contributed by atoms with Crippen molar-refractivity contribution in [1.82, 2.24) is 4.90 Å². The van der Waals surface area contributed by atoms with Crippen molar-refractivity contribution in [3.05, 3.63) is 110 Å². The van der Waals surface area contributed by atoms with Crippen molar-refractivity contribution in [3.8, 4) is 5.75 Å². The van der Waals surface area contributed by atoms with E-state index in [0.717, 1.165) is 11.1 Å². The van der Waals surface area contributed by atoms with Crippen LogP contribution in [0, 0.1) is 6.92 Å². The maximum absolute atomic E-state index is 13.6. The number of benzene rings is 3. The van der Waals surface area contributed by atoms with Gasteiger partial charge in [-0.25, -0.2) is 0 Å². The van der Waals surface area contributed by atoms with Crippen LogP contribution in [0.15, 0.2) is 75.9 Å². The van der Waals surface area contributed by atoms with Crippen molar-refractivity contribution in [1.29, 1.82) is 0 Å². The Morgan fingerprint density at radius 2 is 1.85 bits per heavy atom. The van der Waals surface area contributed by atoms with E-state index in [4.69, 9.17) is 20.8 Å². The molecule has 172 valence electrons. The number of ether oxygens (including phenoxy) is 1. The average molecular weight is 476 g/mol. The van der Waals surface area contributed by atoms with Gasteiger partial charge in [0.05, 0.1) is 23.6 Å². The summed E-state index contributed by atoms with van der Waals surface area (Å²) < 4.78 is 11.9. The number of halogens is 1. The second-order valence-corrected chi connectivity index (χ2v) is 8.65. The Hall–Kier alpha value is -3.61. The first-order valence-corrected chi connectivity index (χ1v) is 11.3. The lowest BCUT2D eigenvalue weighted by Gasteiger charge is -2.24. The monoisotopic (exact) mass is 475 g/mol. The molecule has 0 bridgehead atoms. The molecule has 1 aromatic heterocycles. The van der Waals surface area contributed by atoms with Gasteiger partial charge in [-0.2, -0.15) is 0 Å². The number of fused-ring (bicyclic) bond motifs is 2. The number of rotatable bonds is 6. The number of hydrogen-bond acceptors (Lipinski definition) is 5. The third-order valence-electron chi connectivity index (χ3n) is 6.01. The van der Waals surface area contributed by atoms with Crippen LogP contribution in [-0.4, -0.2) is 29.1 Å². The maximum Gasteiger partial charge on any atom is 0.290 e. The molecule has 0 radical (unpaired) electrons. The molecule has 5 rings (SSSR count). The van der Waals surface area contributed by atoms with Gasteiger partial charge in [0.15, 0.2) is 5.43 Å². The summed E-state index contributed by atoms with van der Waals surface area (Å²) in [6, 6.07) is 19.6. The molecule has 4 aromatic rings. The number of amides is 1. The lowest BCUT2D eigenvalue weighted by atomic mass is 9.98. The van der Waals surface area contributed by atoms with Crippen LogP contribution in [0.1, 0.15) is 38.9 Å². The van der Waals surface area contributed by atoms with Crippen LogP contribution in [0.3, 0.4) is 0 Å². The highest BCUT2D eigenvalue weighted by atomic mass is 35.5. The highest BCUT2D eigenvalue weighted by Gasteiger charge is 2.42. The summed E-state index contributed by atoms with van der Waals surface area (Å²) in [6.07, 6.45) is 0. The summed E-state index contributed by atoms with van der Waals surface area (Å²) in [5.41, 5.74) is 2.70. The summed E-state index contributed by atoms with van der Waals surface area (Å²) in [4.78, 5) is 28.3. The number of β-amino-alcohol motifs (C(OH)–C–C–N with tert-alkyl or cyclic N) is 1. The quantitative estimate of drug-likeness (QED) is 0.430. The molecule has 34 heavy (non-hydrogen) atoms. The van der Waals surface area contributed by atoms with Crippen molar-refractivity contribution in [2.45, 2.75) is 19.6 Å². The van der Waals surface area contributed by atoms with E-state index in [0.29, 0.717) is 33.9 Å². The Labute approximate surface area is 201 Å². The van der Waals surface area contributed by atoms with E-state index < -0.39 is 11.9 Å². The Morgan fingerprint density at radius 3 is 2.62 bits per heavy atom. The Kier molecular flexibility index (Phi) is 5.86. The molecule has 0 fully saturated rings. The molecule has 1 atom stereocenters. The fraction of sp³-hybridized carbons (Fsp3) is 0.185. The van der Waals surface area contributed by atoms with Gasteiger partial charge < -0.3 is 19.2 Å². The van der Waals surface area contributed by atoms with Crippen molar-refractivity contribution in [3.63, 3.8) is 0 Å². The van der Waals surface area contributed by atoms with E-state index in [2.05, 4.69) is 0 Å². The number of hydrogen-bond donors (Lipinski definition) is 1. The van der Waals surface area contributed by atoms with Crippen LogP contribution < -0.4 is 10.2 Å². The van der Waals surface area contributed by atoms with E-state index in [-0.39, 0.29) is 29.9 Å². The molecule has 1 aliphatic rings. The molecule has 0 aliphatic carbocycles. The first-order valence-electron chi connectivity index (χ1n) is 10.9. The largest absolute Gasteiger partial charge is 0.489 e. The fourth-order valence-corrected chi connectivity index (χ4v) is 4.50. The Morgan fingerprint density at radius 1 is 1.06 bits per heavy atom. The topological polar surface area (TPSA) is 80.0 Å². The predicted molar refractivity (Wildman–Crippen MR) is 129 cm³/mol. The fourth-order valence-electron chi connectivity index (χ4n) is 4.34. The zero-order chi connectivity index (χ0) is 23.8. The molecule has 1 N–H and O–H groups in total. The standard InChI is InChI=1S/C27H22ClNO5/c1-16-12-22-20(14-21(16)28)25(31)23-24(29(10-11-30)27(32)26(23)34-22)18-8-5-9-19(13-18)33-15-17-6-3-2-4-7-17/h2-9,12-14,24,30H,10-11,15H2,1H3. The summed E-state index contributed by atoms with van der Waals surface area (Å²) >= 11 is 6.27. The smallest absolute Gasteiger partial charge is 0.290 e. The molecule has 1 aliphatic heterocycles. The lowest BCUT2D eigenvalue weighted by Crippen LogP contribution is -2.32. The van der Waals surface area contributed by atoms with Crippen molar-refractivity contribution in [2.24, 2.45) is 0 Å². The van der Waals surface area contributed by atoms with Gasteiger partial charge >= 0.3 is 0 Å². The van der Waals surface area contributed by atoms with Gasteiger partial charge in [0.1, 0.15) is 17.9 Å². The van der Waals surface area contributed by atoms with Crippen molar-refractivity contribution in [2.75, 3.05) is 13.2 Å². The number of aliphatic hydroxyl groups is 1. The van der Waals surface area contributed by atoms with E-state index in [1.54, 1.807) is 19.1 Å². The molecular formula is C27H22ClNO5. The number of nitrogens with zero attached hydrogens (tertiary/aromatic N) is 1. The molecule has 0 saturated heterocycles. The van der Waals surface area contributed by atoms with Crippen LogP contribution in [0.5, 0.6) is 5.75 Å². The Bertz CT molecular complexity index is 1450. The molecule has 0 spiro atoms. The molecule has 1 amide bonds. The third kappa shape index (κ3) is 3.85. The van der Waals surface area contributed by atoms with Crippen molar-refractivity contribution < 1.29 is 19.1 Å². The van der Waals surface area contributed by atoms with E-state index >= 15 is 0 Å². The molecular weight excluding hydrogens is 454 g/mol. The normalized spacial score (nSPS) is 15.1. The SMILES string of the molecule is Cc1cc2oc3c(c(=O)c2cc1Cl)C(c1cccc(OCc2ccccc2)c1)N(CCO)C3=O. The van der Waals surface area contributed by atoms with Crippen LogP contribution >= 0.6 is 11.6 Å². The van der Waals surface area contributed by atoms with Gasteiger partial charge in [0, 0.05) is 11.6 Å². The minimum absolute atomic E-state index is 0.00622. The van der Waals surface area contributed by atoms with E-state index in [9.17, 15) is 14.7 Å². The van der Waals surface area contributed by atoms with Gasteiger partial charge in [-0.1, -0.05) is 54.1 Å². The van der Waals surface area contributed by atoms with Crippen LogP contribution in [0.4, 0.5) is 0 Å². The molecule has 0 saturated carbocycles. The van der Waals surface area contributed by atoms with Crippen LogP contribution in [-0.2, 0) is 6.61 Å². The van der Waals surface area contributed by atoms with Gasteiger partial charge in [-0.3, -0.25) is 9.59 Å². The first-order chi connectivity index (χ1) is 16.5. The zero-order valence-electron chi connectivity index (χ0n) is 18.5. The lowest BCUT2D eigenvalue weighted by molar-refractivity contribution is 0.0691. The second kappa shape index (κ2) is 8.97. The number of aliphatic hydroxyl groups excluding tert-OH is 1. The first kappa shape index (κ1) is 22.2. The number of carbonyl (C=O) groups excluding carboxylic acids is 1. The predicted octanol–water partition coefficient (Wildman–Crippen LogP) is 4.87. The van der Waals surface area contributed by atoms with Crippen LogP contribution in [0.25, 0.3) is 11.0 Å². The number of aryl methyl sites for hydroxylation is 1. The van der Waals surface area contributed by atoms with Gasteiger partial charge in [0.25, 0.3) is 5.91 Å². The molecule has 3 aromatic carbocycles. The minimum Gasteiger partial charge on any atom is -0.489 e. The molecule has 2 heterocycles. The average Bonchev–Trinajstić information content (AvgIpc) is 3.12. The van der Waals surface area contributed by atoms with E-state index in [1.807, 2.05) is 54.6 Å². The molecule has 6 nitrogen and oxygen atoms in total. The third-order valence-corrected chi connectivity index (χ3v) is 6.42. The van der Waals surface area contributed by atoms with Crippen molar-refractivity contribution >= 4 is 28.5 Å². The summed E-state index contributed by atoms with van der Waals surface area (Å²) in [5.74, 6) is 0.166. The summed E-state index contributed by atoms with van der Waals surface area (Å²) in [6.45, 7) is 1.99. The summed E-state index contributed by atoms with van der Waals surface area (Å²) in [5, 5.41) is 10.4. The highest BCUT2D eigenvalue weighted by Crippen LogP contribution is 2.39. The highest BCUT2D eigenvalue weighted by molar-refractivity contribution is 6.32. The van der Waals surface area contributed by atoms with Gasteiger partial charge in [-0.15, -0.1) is 0 Å². The van der Waals surface area contributed by atoms with Crippen LogP contribution in [0.2, 0.25) is 5.02 Å². The summed E-state index contributed by atoms with van der Waals surface area (Å²) in [7, 11) is 0. The number of carbonyl (C=O) groups is 1. The minimum atomic E-state index is -0.712. The maximum atomic E-state index is 13.6. The van der Waals surface area contributed by atoms with E-state index in [1.165, 1.54) is 4.90 Å². The molecule has 1 unspecified atom stereocenters. The zero-order valence-corrected chi connectivity index (χ0v) is 19.2. The Balaban J connectivity index is 1.60. The second-order valence-electron chi connectivity index (χ2n) is 8.24.